The number of nitrogens with zero attached hydrogens (tertiary/aromatic N) is 2. The second kappa shape index (κ2) is 5.44. The maximum Gasteiger partial charge on any atom is 0.244 e. The van der Waals surface area contributed by atoms with Gasteiger partial charge in [0.15, 0.2) is 0 Å². The summed E-state index contributed by atoms with van der Waals surface area (Å²) in [6.45, 7) is 7.27. The van der Waals surface area contributed by atoms with Crippen LogP contribution in [-0.4, -0.2) is 34.6 Å². The van der Waals surface area contributed by atoms with Gasteiger partial charge in [0.2, 0.25) is 11.8 Å². The molecular formula is C16H25N3O2. The predicted octanol–water partition coefficient (Wildman–Crippen LogP) is 2.93. The van der Waals surface area contributed by atoms with Crippen LogP contribution in [0.3, 0.4) is 0 Å². The van der Waals surface area contributed by atoms with E-state index in [-0.39, 0.29) is 17.4 Å². The topological polar surface area (TPSA) is 58.4 Å². The molecule has 21 heavy (non-hydrogen) atoms. The maximum atomic E-state index is 12.4. The zero-order valence-corrected chi connectivity index (χ0v) is 13.2. The van der Waals surface area contributed by atoms with Crippen LogP contribution in [0.4, 0.5) is 5.88 Å². The van der Waals surface area contributed by atoms with Crippen molar-refractivity contribution in [2.24, 2.45) is 0 Å². The number of hydrogen-bond acceptors (Lipinski definition) is 4. The Morgan fingerprint density at radius 3 is 2.57 bits per heavy atom. The number of amides is 1. The molecule has 0 bridgehead atoms. The number of hydrogen-bond donors (Lipinski definition) is 1. The molecule has 1 N–H and O–H groups in total. The van der Waals surface area contributed by atoms with Gasteiger partial charge in [-0.3, -0.25) is 15.0 Å². The van der Waals surface area contributed by atoms with Crippen LogP contribution in [0.5, 0.6) is 0 Å². The third-order valence-corrected chi connectivity index (χ3v) is 4.68. The maximum absolute atomic E-state index is 12.4. The van der Waals surface area contributed by atoms with Gasteiger partial charge in [-0.05, 0) is 19.3 Å². The molecule has 1 amide bonds. The third-order valence-electron chi connectivity index (χ3n) is 4.68. The van der Waals surface area contributed by atoms with Crippen molar-refractivity contribution in [1.82, 2.24) is 10.1 Å². The van der Waals surface area contributed by atoms with E-state index in [2.05, 4.69) is 36.1 Å². The average molecular weight is 291 g/mol. The fourth-order valence-electron chi connectivity index (χ4n) is 3.25. The molecular weight excluding hydrogens is 266 g/mol. The molecule has 5 heteroatoms. The number of aromatic nitrogens is 1. The Hall–Kier alpha value is -1.36. The van der Waals surface area contributed by atoms with Gasteiger partial charge >= 0.3 is 0 Å². The molecule has 0 aromatic carbocycles. The van der Waals surface area contributed by atoms with Gasteiger partial charge in [-0.25, -0.2) is 0 Å². The van der Waals surface area contributed by atoms with Gasteiger partial charge in [0.05, 0.1) is 11.7 Å². The molecule has 1 saturated carbocycles. The van der Waals surface area contributed by atoms with Crippen LogP contribution in [0.15, 0.2) is 10.6 Å². The third kappa shape index (κ3) is 2.98. The van der Waals surface area contributed by atoms with E-state index in [1.165, 1.54) is 25.7 Å². The van der Waals surface area contributed by atoms with E-state index in [4.69, 9.17) is 4.52 Å². The second-order valence-electron chi connectivity index (χ2n) is 7.30. The highest BCUT2D eigenvalue weighted by Gasteiger charge is 2.39. The standard InChI is InChI=1S/C16H25N3O2/c1-16(2,3)13-10-14(21-18-13)17-15(20)12-8-9-19(12)11-6-4-5-7-11/h10-12H,4-9H2,1-3H3,(H,17,20)/t12-/m0/s1. The van der Waals surface area contributed by atoms with Crippen LogP contribution in [0.1, 0.15) is 58.6 Å². The molecule has 2 fully saturated rings. The number of nitrogens with one attached hydrogen (secondary N) is 1. The number of likely N-dealkylation sites (tertiary alicyclic amines) is 1. The van der Waals surface area contributed by atoms with Crippen LogP contribution in [0.25, 0.3) is 0 Å². The monoisotopic (exact) mass is 291 g/mol. The molecule has 0 spiro atoms. The summed E-state index contributed by atoms with van der Waals surface area (Å²) >= 11 is 0. The summed E-state index contributed by atoms with van der Waals surface area (Å²) in [5.74, 6) is 0.507. The summed E-state index contributed by atoms with van der Waals surface area (Å²) in [4.78, 5) is 14.7. The first-order chi connectivity index (χ1) is 9.95. The molecule has 3 rings (SSSR count). The van der Waals surface area contributed by atoms with E-state index in [1.807, 2.05) is 6.07 Å². The van der Waals surface area contributed by atoms with E-state index < -0.39 is 0 Å². The van der Waals surface area contributed by atoms with Crippen LogP contribution in [0, 0.1) is 0 Å². The van der Waals surface area contributed by atoms with Crippen molar-refractivity contribution < 1.29 is 9.32 Å². The van der Waals surface area contributed by atoms with Crippen molar-refractivity contribution in [2.75, 3.05) is 11.9 Å². The molecule has 5 nitrogen and oxygen atoms in total. The highest BCUT2D eigenvalue weighted by molar-refractivity contribution is 5.94. The van der Waals surface area contributed by atoms with Crippen molar-refractivity contribution in [3.8, 4) is 0 Å². The first-order valence-corrected chi connectivity index (χ1v) is 7.99. The molecule has 116 valence electrons. The number of anilines is 1. The van der Waals surface area contributed by atoms with Gasteiger partial charge in [0, 0.05) is 24.1 Å². The number of carbonyl (C=O) groups is 1. The molecule has 1 aliphatic heterocycles. The number of carbonyl (C=O) groups excluding carboxylic acids is 1. The lowest BCUT2D eigenvalue weighted by molar-refractivity contribution is -0.127. The minimum Gasteiger partial charge on any atom is -0.338 e. The van der Waals surface area contributed by atoms with E-state index in [0.29, 0.717) is 11.9 Å². The van der Waals surface area contributed by atoms with Gasteiger partial charge < -0.3 is 4.52 Å². The predicted molar refractivity (Wildman–Crippen MR) is 81.2 cm³/mol. The normalized spacial score (nSPS) is 24.0. The van der Waals surface area contributed by atoms with Crippen molar-refractivity contribution in [2.45, 2.75) is 70.4 Å². The summed E-state index contributed by atoms with van der Waals surface area (Å²) in [6.07, 6.45) is 6.02. The average Bonchev–Trinajstić information content (AvgIpc) is 2.97. The quantitative estimate of drug-likeness (QED) is 0.930. The fourth-order valence-corrected chi connectivity index (χ4v) is 3.25. The van der Waals surface area contributed by atoms with E-state index in [9.17, 15) is 4.79 Å². The van der Waals surface area contributed by atoms with Gasteiger partial charge in [0.25, 0.3) is 0 Å². The molecule has 2 aliphatic rings. The van der Waals surface area contributed by atoms with Crippen molar-refractivity contribution in [3.63, 3.8) is 0 Å². The van der Waals surface area contributed by atoms with Crippen LogP contribution >= 0.6 is 0 Å². The Morgan fingerprint density at radius 2 is 2.05 bits per heavy atom. The molecule has 1 aliphatic carbocycles. The van der Waals surface area contributed by atoms with Gasteiger partial charge in [-0.2, -0.15) is 0 Å². The highest BCUT2D eigenvalue weighted by Crippen LogP contribution is 2.31. The van der Waals surface area contributed by atoms with E-state index in [0.717, 1.165) is 18.7 Å². The van der Waals surface area contributed by atoms with E-state index >= 15 is 0 Å². The molecule has 1 atom stereocenters. The Balaban J connectivity index is 1.60. The van der Waals surface area contributed by atoms with Crippen molar-refractivity contribution >= 4 is 11.8 Å². The van der Waals surface area contributed by atoms with Crippen LogP contribution in [-0.2, 0) is 10.2 Å². The van der Waals surface area contributed by atoms with Crippen LogP contribution in [0.2, 0.25) is 0 Å². The summed E-state index contributed by atoms with van der Waals surface area (Å²) in [5.41, 5.74) is 0.790. The van der Waals surface area contributed by atoms with Crippen LogP contribution < -0.4 is 5.32 Å². The molecule has 1 aromatic rings. The zero-order valence-electron chi connectivity index (χ0n) is 13.2. The Kier molecular flexibility index (Phi) is 3.78. The summed E-state index contributed by atoms with van der Waals surface area (Å²) in [5, 5.41) is 6.92. The van der Waals surface area contributed by atoms with Gasteiger partial charge in [-0.1, -0.05) is 38.8 Å². The Bertz CT molecular complexity index is 512. The lowest BCUT2D eigenvalue weighted by Crippen LogP contribution is -2.57. The van der Waals surface area contributed by atoms with Gasteiger partial charge in [-0.15, -0.1) is 0 Å². The van der Waals surface area contributed by atoms with Gasteiger partial charge in [0.1, 0.15) is 0 Å². The minimum atomic E-state index is -0.0706. The molecule has 0 unspecified atom stereocenters. The Morgan fingerprint density at radius 1 is 1.33 bits per heavy atom. The second-order valence-corrected chi connectivity index (χ2v) is 7.30. The first-order valence-electron chi connectivity index (χ1n) is 7.99. The van der Waals surface area contributed by atoms with E-state index in [1.54, 1.807) is 0 Å². The Labute approximate surface area is 126 Å². The fraction of sp³-hybridized carbons (Fsp3) is 0.750. The summed E-state index contributed by atoms with van der Waals surface area (Å²) in [7, 11) is 0. The first kappa shape index (κ1) is 14.6. The minimum absolute atomic E-state index is 0.0105. The summed E-state index contributed by atoms with van der Waals surface area (Å²) in [6, 6.07) is 2.45. The molecule has 1 saturated heterocycles. The van der Waals surface area contributed by atoms with Crippen molar-refractivity contribution in [1.29, 1.82) is 0 Å². The number of rotatable bonds is 3. The van der Waals surface area contributed by atoms with Crippen molar-refractivity contribution in [3.05, 3.63) is 11.8 Å². The SMILES string of the molecule is CC(C)(C)c1cc(NC(=O)[C@@H]2CCN2C2CCCC2)on1. The zero-order chi connectivity index (χ0) is 15.0. The molecule has 0 radical (unpaired) electrons. The lowest BCUT2D eigenvalue weighted by atomic mass is 9.92. The molecule has 2 heterocycles. The summed E-state index contributed by atoms with van der Waals surface area (Å²) < 4.78 is 5.24. The largest absolute Gasteiger partial charge is 0.338 e. The molecule has 1 aromatic heterocycles. The highest BCUT2D eigenvalue weighted by atomic mass is 16.5. The smallest absolute Gasteiger partial charge is 0.244 e. The lowest BCUT2D eigenvalue weighted by Gasteiger charge is -2.43.